The number of aromatic amines is 1. The van der Waals surface area contributed by atoms with Gasteiger partial charge in [-0.15, -0.1) is 0 Å². The molecule has 0 spiro atoms. The van der Waals surface area contributed by atoms with Crippen LogP contribution in [0.15, 0.2) is 55.0 Å². The standard InChI is InChI=1S/C21H22N4O.C9H18O3/c1-2-10-26-11-9-23-21-6-4-16(13-24-21)15-3-5-17-18-14-22-8-7-19(18)25-20(17)12-15;1-5-6-11-7-8(10)12-9(2,3)4/h3-8,12-14,25H,2,9-11H2,1H3,(H,23,24);5-7H2,1-4H3. The molecule has 2 N–H and O–H groups in total. The molecule has 0 amide bonds. The van der Waals surface area contributed by atoms with Crippen LogP contribution in [0.3, 0.4) is 0 Å². The highest BCUT2D eigenvalue weighted by atomic mass is 16.6. The molecule has 0 atom stereocenters. The van der Waals surface area contributed by atoms with Crippen LogP contribution in [0.1, 0.15) is 47.5 Å². The third kappa shape index (κ3) is 9.11. The van der Waals surface area contributed by atoms with Gasteiger partial charge in [0.05, 0.1) is 6.61 Å². The quantitative estimate of drug-likeness (QED) is 0.175. The number of nitrogens with one attached hydrogen (secondary N) is 2. The van der Waals surface area contributed by atoms with Crippen LogP contribution >= 0.6 is 0 Å². The van der Waals surface area contributed by atoms with E-state index in [0.717, 1.165) is 59.4 Å². The predicted octanol–water partition coefficient (Wildman–Crippen LogP) is 6.37. The van der Waals surface area contributed by atoms with E-state index in [0.29, 0.717) is 13.2 Å². The van der Waals surface area contributed by atoms with Crippen LogP contribution in [0, 0.1) is 0 Å². The summed E-state index contributed by atoms with van der Waals surface area (Å²) >= 11 is 0. The van der Waals surface area contributed by atoms with E-state index in [1.807, 2.05) is 58.4 Å². The minimum atomic E-state index is -0.410. The van der Waals surface area contributed by atoms with Crippen LogP contribution in [0.4, 0.5) is 5.82 Å². The molecule has 8 nitrogen and oxygen atoms in total. The zero-order valence-electron chi connectivity index (χ0n) is 23.2. The fourth-order valence-corrected chi connectivity index (χ4v) is 3.76. The lowest BCUT2D eigenvalue weighted by atomic mass is 10.1. The molecule has 0 aliphatic heterocycles. The number of nitrogens with zero attached hydrogens (tertiary/aromatic N) is 2. The molecule has 0 saturated carbocycles. The van der Waals surface area contributed by atoms with Crippen molar-refractivity contribution in [1.29, 1.82) is 0 Å². The molecule has 0 fully saturated rings. The van der Waals surface area contributed by atoms with Crippen LogP contribution in [0.25, 0.3) is 32.9 Å². The summed E-state index contributed by atoms with van der Waals surface area (Å²) in [6.07, 6.45) is 7.58. The van der Waals surface area contributed by atoms with Crippen molar-refractivity contribution < 1.29 is 19.0 Å². The molecule has 0 aliphatic rings. The number of pyridine rings is 2. The van der Waals surface area contributed by atoms with Gasteiger partial charge in [-0.1, -0.05) is 26.0 Å². The van der Waals surface area contributed by atoms with Crippen LogP contribution in [0.5, 0.6) is 0 Å². The Hall–Kier alpha value is -3.49. The van der Waals surface area contributed by atoms with Gasteiger partial charge in [-0.3, -0.25) is 4.98 Å². The topological polar surface area (TPSA) is 98.4 Å². The minimum Gasteiger partial charge on any atom is -0.458 e. The van der Waals surface area contributed by atoms with E-state index in [1.165, 1.54) is 5.39 Å². The zero-order valence-corrected chi connectivity index (χ0v) is 23.2. The van der Waals surface area contributed by atoms with Crippen molar-refractivity contribution in [2.75, 3.05) is 38.3 Å². The molecule has 204 valence electrons. The highest BCUT2D eigenvalue weighted by Crippen LogP contribution is 2.29. The van der Waals surface area contributed by atoms with E-state index in [2.05, 4.69) is 51.5 Å². The van der Waals surface area contributed by atoms with Gasteiger partial charge in [-0.05, 0) is 63.4 Å². The number of rotatable bonds is 11. The van der Waals surface area contributed by atoms with Gasteiger partial charge in [0.1, 0.15) is 18.0 Å². The van der Waals surface area contributed by atoms with E-state index in [1.54, 1.807) is 0 Å². The van der Waals surface area contributed by atoms with Crippen molar-refractivity contribution in [1.82, 2.24) is 15.0 Å². The molecule has 4 aromatic rings. The molecule has 0 unspecified atom stereocenters. The van der Waals surface area contributed by atoms with Gasteiger partial charge in [-0.25, -0.2) is 9.78 Å². The van der Waals surface area contributed by atoms with Gasteiger partial charge in [0.25, 0.3) is 0 Å². The summed E-state index contributed by atoms with van der Waals surface area (Å²) in [5.74, 6) is 0.572. The Balaban J connectivity index is 0.000000284. The van der Waals surface area contributed by atoms with E-state index >= 15 is 0 Å². The Labute approximate surface area is 225 Å². The normalized spacial score (nSPS) is 11.3. The third-order valence-corrected chi connectivity index (χ3v) is 5.39. The fraction of sp³-hybridized carbons (Fsp3) is 0.433. The molecule has 3 aromatic heterocycles. The molecule has 4 rings (SSSR count). The maximum absolute atomic E-state index is 11.0. The first kappa shape index (κ1) is 29.1. The van der Waals surface area contributed by atoms with Crippen molar-refractivity contribution in [2.45, 2.75) is 53.1 Å². The number of aromatic nitrogens is 3. The average molecular weight is 521 g/mol. The second-order valence-electron chi connectivity index (χ2n) is 9.92. The number of hydrogen-bond acceptors (Lipinski definition) is 7. The zero-order chi connectivity index (χ0) is 27.4. The first-order chi connectivity index (χ1) is 18.3. The number of carbonyl (C=O) groups is 1. The molecule has 0 bridgehead atoms. The lowest BCUT2D eigenvalue weighted by Gasteiger charge is -2.19. The SMILES string of the molecule is CCCOCC(=O)OC(C)(C)C.CCCOCCNc1ccc(-c2ccc3c(c2)[nH]c2ccncc23)cn1. The number of benzene rings is 1. The van der Waals surface area contributed by atoms with Crippen molar-refractivity contribution in [2.24, 2.45) is 0 Å². The van der Waals surface area contributed by atoms with Crippen LogP contribution in [-0.2, 0) is 19.0 Å². The van der Waals surface area contributed by atoms with Gasteiger partial charge in [-0.2, -0.15) is 0 Å². The van der Waals surface area contributed by atoms with Gasteiger partial charge in [0, 0.05) is 65.7 Å². The highest BCUT2D eigenvalue weighted by molar-refractivity contribution is 6.07. The van der Waals surface area contributed by atoms with Gasteiger partial charge < -0.3 is 24.5 Å². The molecule has 0 aliphatic carbocycles. The molecular formula is C30H40N4O4. The van der Waals surface area contributed by atoms with Crippen LogP contribution in [-0.4, -0.2) is 59.5 Å². The van der Waals surface area contributed by atoms with Crippen molar-refractivity contribution >= 4 is 33.6 Å². The smallest absolute Gasteiger partial charge is 0.332 e. The molecule has 8 heteroatoms. The Morgan fingerprint density at radius 1 is 0.895 bits per heavy atom. The minimum absolute atomic E-state index is 0.0606. The van der Waals surface area contributed by atoms with E-state index in [4.69, 9.17) is 14.2 Å². The summed E-state index contributed by atoms with van der Waals surface area (Å²) < 4.78 is 15.5. The van der Waals surface area contributed by atoms with Crippen molar-refractivity contribution in [3.05, 3.63) is 55.0 Å². The molecule has 0 saturated heterocycles. The number of anilines is 1. The maximum Gasteiger partial charge on any atom is 0.332 e. The Morgan fingerprint density at radius 2 is 1.66 bits per heavy atom. The van der Waals surface area contributed by atoms with Gasteiger partial charge in [0.2, 0.25) is 0 Å². The lowest BCUT2D eigenvalue weighted by Crippen LogP contribution is -2.26. The van der Waals surface area contributed by atoms with E-state index in [-0.39, 0.29) is 12.6 Å². The highest BCUT2D eigenvalue weighted by Gasteiger charge is 2.15. The van der Waals surface area contributed by atoms with Crippen molar-refractivity contribution in [3.63, 3.8) is 0 Å². The Morgan fingerprint density at radius 3 is 2.37 bits per heavy atom. The monoisotopic (exact) mass is 520 g/mol. The second kappa shape index (κ2) is 14.4. The summed E-state index contributed by atoms with van der Waals surface area (Å²) in [5.41, 5.74) is 4.04. The van der Waals surface area contributed by atoms with Gasteiger partial charge in [0.15, 0.2) is 0 Å². The summed E-state index contributed by atoms with van der Waals surface area (Å²) in [7, 11) is 0. The third-order valence-electron chi connectivity index (χ3n) is 5.39. The number of H-pyrrole nitrogens is 1. The number of esters is 1. The first-order valence-electron chi connectivity index (χ1n) is 13.2. The first-order valence-corrected chi connectivity index (χ1v) is 13.2. The Kier molecular flexibility index (Phi) is 11.1. The summed E-state index contributed by atoms with van der Waals surface area (Å²) in [4.78, 5) is 23.2. The summed E-state index contributed by atoms with van der Waals surface area (Å²) in [6.45, 7) is 12.6. The maximum atomic E-state index is 11.0. The van der Waals surface area contributed by atoms with Crippen molar-refractivity contribution in [3.8, 4) is 11.1 Å². The van der Waals surface area contributed by atoms with Crippen LogP contribution in [0.2, 0.25) is 0 Å². The summed E-state index contributed by atoms with van der Waals surface area (Å²) in [5, 5.41) is 5.62. The van der Waals surface area contributed by atoms with Crippen LogP contribution < -0.4 is 5.32 Å². The Bertz CT molecular complexity index is 1280. The molecular weight excluding hydrogens is 480 g/mol. The number of carbonyl (C=O) groups excluding carboxylic acids is 1. The second-order valence-corrected chi connectivity index (χ2v) is 9.92. The van der Waals surface area contributed by atoms with E-state index in [9.17, 15) is 4.79 Å². The van der Waals surface area contributed by atoms with E-state index < -0.39 is 5.60 Å². The fourth-order valence-electron chi connectivity index (χ4n) is 3.76. The molecule has 1 aromatic carbocycles. The molecule has 38 heavy (non-hydrogen) atoms. The lowest BCUT2D eigenvalue weighted by molar-refractivity contribution is -0.160. The predicted molar refractivity (Wildman–Crippen MR) is 153 cm³/mol. The molecule has 3 heterocycles. The largest absolute Gasteiger partial charge is 0.458 e. The number of hydrogen-bond donors (Lipinski definition) is 2. The van der Waals surface area contributed by atoms with Gasteiger partial charge >= 0.3 is 5.97 Å². The number of fused-ring (bicyclic) bond motifs is 3. The number of ether oxygens (including phenoxy) is 3. The summed E-state index contributed by atoms with van der Waals surface area (Å²) in [6, 6.07) is 12.5. The average Bonchev–Trinajstić information content (AvgIpc) is 3.26. The molecule has 0 radical (unpaired) electrons.